The Bertz CT molecular complexity index is 375. The van der Waals surface area contributed by atoms with E-state index in [1.807, 2.05) is 11.8 Å². The van der Waals surface area contributed by atoms with Crippen molar-refractivity contribution in [3.63, 3.8) is 0 Å². The Balaban J connectivity index is 1.86. The van der Waals surface area contributed by atoms with Crippen LogP contribution >= 0.6 is 11.8 Å². The van der Waals surface area contributed by atoms with Crippen LogP contribution in [0.1, 0.15) is 38.1 Å². The van der Waals surface area contributed by atoms with Gasteiger partial charge in [-0.25, -0.2) is 4.98 Å². The van der Waals surface area contributed by atoms with E-state index in [1.54, 1.807) is 0 Å². The van der Waals surface area contributed by atoms with Crippen molar-refractivity contribution in [1.82, 2.24) is 14.9 Å². The second kappa shape index (κ2) is 6.02. The molecule has 0 aliphatic heterocycles. The van der Waals surface area contributed by atoms with Crippen molar-refractivity contribution < 1.29 is 8.78 Å². The van der Waals surface area contributed by atoms with Crippen LogP contribution in [0.15, 0.2) is 12.4 Å². The Morgan fingerprint density at radius 2 is 2.22 bits per heavy atom. The zero-order valence-electron chi connectivity index (χ0n) is 10.5. The maximum atomic E-state index is 12.6. The number of thioether (sulfide) groups is 1. The van der Waals surface area contributed by atoms with Gasteiger partial charge in [0.1, 0.15) is 5.82 Å². The van der Waals surface area contributed by atoms with Gasteiger partial charge >= 0.3 is 6.55 Å². The van der Waals surface area contributed by atoms with Crippen LogP contribution in [0.2, 0.25) is 0 Å². The molecule has 18 heavy (non-hydrogen) atoms. The average Bonchev–Trinajstić information content (AvgIpc) is 2.98. The molecule has 6 heteroatoms. The lowest BCUT2D eigenvalue weighted by molar-refractivity contribution is 0.0666. The number of halogens is 2. The molecule has 0 aromatic carbocycles. The fraction of sp³-hybridized carbons (Fsp3) is 0.750. The number of hydrogen-bond acceptors (Lipinski definition) is 3. The van der Waals surface area contributed by atoms with Crippen LogP contribution in [0.4, 0.5) is 8.78 Å². The molecule has 1 aliphatic carbocycles. The quantitative estimate of drug-likeness (QED) is 0.865. The molecule has 1 fully saturated rings. The van der Waals surface area contributed by atoms with Crippen molar-refractivity contribution in [2.45, 2.75) is 43.5 Å². The number of hydrogen-bond donors (Lipinski definition) is 1. The Morgan fingerprint density at radius 1 is 1.50 bits per heavy atom. The first-order chi connectivity index (χ1) is 8.67. The third kappa shape index (κ3) is 3.03. The summed E-state index contributed by atoms with van der Waals surface area (Å²) in [6, 6.07) is 0. The van der Waals surface area contributed by atoms with Gasteiger partial charge in [-0.3, -0.25) is 4.57 Å². The van der Waals surface area contributed by atoms with Gasteiger partial charge in [-0.05, 0) is 19.1 Å². The normalized spacial score (nSPS) is 18.7. The van der Waals surface area contributed by atoms with Gasteiger partial charge < -0.3 is 5.32 Å². The zero-order chi connectivity index (χ0) is 13.0. The number of nitrogens with one attached hydrogen (secondary N) is 1. The lowest BCUT2D eigenvalue weighted by atomic mass is 10.1. The summed E-state index contributed by atoms with van der Waals surface area (Å²) in [4.78, 5) is 3.96. The minimum Gasteiger partial charge on any atom is -0.309 e. The predicted molar refractivity (Wildman–Crippen MR) is 69.9 cm³/mol. The third-order valence-electron chi connectivity index (χ3n) is 3.64. The van der Waals surface area contributed by atoms with Crippen molar-refractivity contribution >= 4 is 11.8 Å². The van der Waals surface area contributed by atoms with Crippen molar-refractivity contribution in [2.75, 3.05) is 12.8 Å². The molecule has 0 atom stereocenters. The summed E-state index contributed by atoms with van der Waals surface area (Å²) in [6.07, 6.45) is 9.84. The molecule has 102 valence electrons. The van der Waals surface area contributed by atoms with Crippen LogP contribution in [0.25, 0.3) is 0 Å². The molecule has 0 amide bonds. The van der Waals surface area contributed by atoms with Gasteiger partial charge in [-0.2, -0.15) is 20.5 Å². The topological polar surface area (TPSA) is 29.9 Å². The van der Waals surface area contributed by atoms with Crippen LogP contribution in [0.3, 0.4) is 0 Å². The van der Waals surface area contributed by atoms with E-state index in [-0.39, 0.29) is 0 Å². The van der Waals surface area contributed by atoms with Gasteiger partial charge in [0.2, 0.25) is 0 Å². The maximum Gasteiger partial charge on any atom is 0.319 e. The Morgan fingerprint density at radius 3 is 2.83 bits per heavy atom. The van der Waals surface area contributed by atoms with E-state index < -0.39 is 6.55 Å². The van der Waals surface area contributed by atoms with E-state index >= 15 is 0 Å². The maximum absolute atomic E-state index is 12.6. The summed E-state index contributed by atoms with van der Waals surface area (Å²) >= 11 is 1.89. The Kier molecular flexibility index (Phi) is 4.61. The van der Waals surface area contributed by atoms with E-state index in [0.29, 0.717) is 17.1 Å². The first-order valence-corrected chi connectivity index (χ1v) is 7.45. The number of alkyl halides is 2. The van der Waals surface area contributed by atoms with E-state index in [1.165, 1.54) is 38.1 Å². The van der Waals surface area contributed by atoms with Gasteiger partial charge in [0.15, 0.2) is 0 Å². The number of rotatable bonds is 6. The number of imidazole rings is 1. The summed E-state index contributed by atoms with van der Waals surface area (Å²) in [5.41, 5.74) is 0. The van der Waals surface area contributed by atoms with Crippen molar-refractivity contribution in [2.24, 2.45) is 0 Å². The molecular formula is C12H19F2N3S. The fourth-order valence-electron chi connectivity index (χ4n) is 2.53. The SMILES string of the molecule is CSC1(CNCc2nccn2C(F)F)CCCC1. The summed E-state index contributed by atoms with van der Waals surface area (Å²) in [7, 11) is 0. The molecule has 1 aliphatic rings. The van der Waals surface area contributed by atoms with Gasteiger partial charge in [0.05, 0.1) is 6.54 Å². The first-order valence-electron chi connectivity index (χ1n) is 6.23. The molecule has 1 aromatic heterocycles. The second-order valence-electron chi connectivity index (χ2n) is 4.73. The minimum absolute atomic E-state index is 0.294. The Labute approximate surface area is 110 Å². The molecule has 0 bridgehead atoms. The highest BCUT2D eigenvalue weighted by atomic mass is 32.2. The van der Waals surface area contributed by atoms with E-state index in [9.17, 15) is 8.78 Å². The third-order valence-corrected chi connectivity index (χ3v) is 5.06. The van der Waals surface area contributed by atoms with E-state index in [4.69, 9.17) is 0 Å². The van der Waals surface area contributed by atoms with Crippen LogP contribution < -0.4 is 5.32 Å². The van der Waals surface area contributed by atoms with Gasteiger partial charge in [-0.1, -0.05) is 12.8 Å². The van der Waals surface area contributed by atoms with Crippen LogP contribution in [-0.4, -0.2) is 27.1 Å². The second-order valence-corrected chi connectivity index (χ2v) is 6.00. The molecule has 2 rings (SSSR count). The van der Waals surface area contributed by atoms with Crippen molar-refractivity contribution in [3.05, 3.63) is 18.2 Å². The average molecular weight is 275 g/mol. The highest BCUT2D eigenvalue weighted by Crippen LogP contribution is 2.39. The first kappa shape index (κ1) is 13.8. The van der Waals surface area contributed by atoms with Crippen LogP contribution in [0, 0.1) is 0 Å². The monoisotopic (exact) mass is 275 g/mol. The Hall–Kier alpha value is -0.620. The molecule has 1 saturated carbocycles. The number of aromatic nitrogens is 2. The highest BCUT2D eigenvalue weighted by molar-refractivity contribution is 8.00. The lowest BCUT2D eigenvalue weighted by Crippen LogP contribution is -2.35. The molecule has 0 saturated heterocycles. The standard InChI is InChI=1S/C12H19F2N3S/c1-18-12(4-2-3-5-12)9-15-8-10-16-6-7-17(10)11(13)14/h6-7,11,15H,2-5,8-9H2,1H3. The summed E-state index contributed by atoms with van der Waals surface area (Å²) in [5, 5.41) is 3.28. The summed E-state index contributed by atoms with van der Waals surface area (Å²) < 4.78 is 26.4. The molecule has 3 nitrogen and oxygen atoms in total. The molecular weight excluding hydrogens is 256 g/mol. The van der Waals surface area contributed by atoms with Gasteiger partial charge in [-0.15, -0.1) is 0 Å². The molecule has 1 heterocycles. The minimum atomic E-state index is -2.51. The summed E-state index contributed by atoms with van der Waals surface area (Å²) in [5.74, 6) is 0.402. The molecule has 1 aromatic rings. The zero-order valence-corrected chi connectivity index (χ0v) is 11.3. The van der Waals surface area contributed by atoms with Crippen LogP contribution in [0.5, 0.6) is 0 Å². The van der Waals surface area contributed by atoms with E-state index in [0.717, 1.165) is 11.1 Å². The van der Waals surface area contributed by atoms with Crippen molar-refractivity contribution in [3.8, 4) is 0 Å². The predicted octanol–water partition coefficient (Wildman–Crippen LogP) is 3.04. The molecule has 0 radical (unpaired) electrons. The summed E-state index contributed by atoms with van der Waals surface area (Å²) in [6.45, 7) is -1.24. The molecule has 0 unspecified atom stereocenters. The molecule has 1 N–H and O–H groups in total. The smallest absolute Gasteiger partial charge is 0.309 e. The largest absolute Gasteiger partial charge is 0.319 e. The van der Waals surface area contributed by atoms with Gasteiger partial charge in [0, 0.05) is 23.7 Å². The number of nitrogens with zero attached hydrogens (tertiary/aromatic N) is 2. The highest BCUT2D eigenvalue weighted by Gasteiger charge is 2.32. The molecule has 0 spiro atoms. The van der Waals surface area contributed by atoms with Gasteiger partial charge in [0.25, 0.3) is 0 Å². The van der Waals surface area contributed by atoms with Crippen LogP contribution in [-0.2, 0) is 6.54 Å². The van der Waals surface area contributed by atoms with E-state index in [2.05, 4.69) is 16.6 Å². The lowest BCUT2D eigenvalue weighted by Gasteiger charge is -2.27. The van der Waals surface area contributed by atoms with Crippen molar-refractivity contribution in [1.29, 1.82) is 0 Å². The fourth-order valence-corrected chi connectivity index (χ4v) is 3.48.